The number of fused-ring (bicyclic) bond motifs is 1. The minimum absolute atomic E-state index is 0.0653. The zero-order chi connectivity index (χ0) is 14.7. The molecule has 21 heavy (non-hydrogen) atoms. The molecule has 1 N–H and O–H groups in total. The van der Waals surface area contributed by atoms with Gasteiger partial charge in [0.25, 0.3) is 0 Å². The van der Waals surface area contributed by atoms with Crippen LogP contribution in [0.15, 0.2) is 24.3 Å². The number of rotatable bonds is 1. The molecule has 1 fully saturated rings. The predicted molar refractivity (Wildman–Crippen MR) is 82.4 cm³/mol. The highest BCUT2D eigenvalue weighted by Gasteiger charge is 2.25. The van der Waals surface area contributed by atoms with Gasteiger partial charge in [-0.2, -0.15) is 0 Å². The Hall–Kier alpha value is -1.71. The molecule has 2 heterocycles. The lowest BCUT2D eigenvalue weighted by molar-refractivity contribution is 0.170. The summed E-state index contributed by atoms with van der Waals surface area (Å²) in [4.78, 5) is 14.4. The van der Waals surface area contributed by atoms with Gasteiger partial charge in [-0.1, -0.05) is 25.1 Å². The molecule has 1 atom stereocenters. The highest BCUT2D eigenvalue weighted by atomic mass is 16.5. The van der Waals surface area contributed by atoms with Crippen molar-refractivity contribution in [3.63, 3.8) is 0 Å². The Morgan fingerprint density at radius 1 is 1.24 bits per heavy atom. The van der Waals surface area contributed by atoms with Crippen LogP contribution in [0, 0.1) is 5.92 Å². The number of hydrogen-bond acceptors (Lipinski definition) is 2. The first kappa shape index (κ1) is 14.2. The Bertz CT molecular complexity index is 495. The lowest BCUT2D eigenvalue weighted by Gasteiger charge is -2.32. The van der Waals surface area contributed by atoms with Crippen molar-refractivity contribution in [2.45, 2.75) is 38.6 Å². The third kappa shape index (κ3) is 3.31. The number of ether oxygens (including phenoxy) is 1. The topological polar surface area (TPSA) is 41.6 Å². The minimum atomic E-state index is 0.0653. The fourth-order valence-electron chi connectivity index (χ4n) is 3.13. The molecule has 4 heteroatoms. The molecule has 3 rings (SSSR count). The third-order valence-electron chi connectivity index (χ3n) is 4.56. The molecular formula is C17H24N2O2. The average Bonchev–Trinajstić information content (AvgIpc) is 2.71. The van der Waals surface area contributed by atoms with Crippen LogP contribution >= 0.6 is 0 Å². The van der Waals surface area contributed by atoms with Gasteiger partial charge >= 0.3 is 6.03 Å². The van der Waals surface area contributed by atoms with Crippen LogP contribution in [0.4, 0.5) is 4.79 Å². The molecule has 1 saturated heterocycles. The molecule has 0 radical (unpaired) electrons. The molecule has 1 aromatic carbocycles. The van der Waals surface area contributed by atoms with Gasteiger partial charge in [0.05, 0.1) is 12.6 Å². The van der Waals surface area contributed by atoms with Gasteiger partial charge < -0.3 is 15.0 Å². The van der Waals surface area contributed by atoms with Gasteiger partial charge in [0.2, 0.25) is 0 Å². The van der Waals surface area contributed by atoms with Crippen LogP contribution in [-0.2, 0) is 0 Å². The summed E-state index contributed by atoms with van der Waals surface area (Å²) in [7, 11) is 0. The molecule has 0 saturated carbocycles. The van der Waals surface area contributed by atoms with E-state index < -0.39 is 0 Å². The van der Waals surface area contributed by atoms with E-state index in [2.05, 4.69) is 18.3 Å². The second kappa shape index (κ2) is 6.37. The summed E-state index contributed by atoms with van der Waals surface area (Å²) in [6.07, 6.45) is 4.12. The number of nitrogens with one attached hydrogen (secondary N) is 1. The number of benzene rings is 1. The zero-order valence-corrected chi connectivity index (χ0v) is 12.7. The summed E-state index contributed by atoms with van der Waals surface area (Å²) in [6, 6.07) is 8.18. The molecule has 0 aromatic heterocycles. The van der Waals surface area contributed by atoms with Gasteiger partial charge in [0.15, 0.2) is 0 Å². The Morgan fingerprint density at radius 2 is 2.00 bits per heavy atom. The molecule has 0 aliphatic carbocycles. The molecule has 2 aliphatic rings. The maximum Gasteiger partial charge on any atom is 0.317 e. The quantitative estimate of drug-likeness (QED) is 0.861. The lowest BCUT2D eigenvalue weighted by Crippen LogP contribution is -2.45. The monoisotopic (exact) mass is 288 g/mol. The molecule has 2 amide bonds. The number of amides is 2. The first-order valence-electron chi connectivity index (χ1n) is 8.01. The van der Waals surface area contributed by atoms with Gasteiger partial charge in [0, 0.05) is 18.7 Å². The standard InChI is InChI=1S/C17H24N2O2/c1-13-8-10-19(11-9-13)17(20)18-15-6-4-12-21-16-7-3-2-5-14(15)16/h2-3,5,7,13,15H,4,6,8-12H2,1H3,(H,18,20). The maximum absolute atomic E-state index is 12.5. The summed E-state index contributed by atoms with van der Waals surface area (Å²) in [6.45, 7) is 4.73. The number of carbonyl (C=O) groups is 1. The van der Waals surface area contributed by atoms with E-state index in [9.17, 15) is 4.79 Å². The molecular weight excluding hydrogens is 264 g/mol. The Labute approximate surface area is 126 Å². The fourth-order valence-corrected chi connectivity index (χ4v) is 3.13. The number of likely N-dealkylation sites (tertiary alicyclic amines) is 1. The highest BCUT2D eigenvalue weighted by molar-refractivity contribution is 5.75. The molecule has 1 aromatic rings. The normalized spacial score (nSPS) is 22.9. The average molecular weight is 288 g/mol. The summed E-state index contributed by atoms with van der Waals surface area (Å²) < 4.78 is 5.75. The fraction of sp³-hybridized carbons (Fsp3) is 0.588. The van der Waals surface area contributed by atoms with E-state index in [-0.39, 0.29) is 12.1 Å². The van der Waals surface area contributed by atoms with E-state index in [1.54, 1.807) is 0 Å². The molecule has 2 aliphatic heterocycles. The third-order valence-corrected chi connectivity index (χ3v) is 4.56. The summed E-state index contributed by atoms with van der Waals surface area (Å²) in [5.74, 6) is 1.65. The van der Waals surface area contributed by atoms with Crippen molar-refractivity contribution < 1.29 is 9.53 Å². The van der Waals surface area contributed by atoms with Crippen LogP contribution < -0.4 is 10.1 Å². The van der Waals surface area contributed by atoms with Crippen LogP contribution in [0.2, 0.25) is 0 Å². The van der Waals surface area contributed by atoms with Crippen molar-refractivity contribution in [2.24, 2.45) is 5.92 Å². The van der Waals surface area contributed by atoms with E-state index in [4.69, 9.17) is 4.74 Å². The van der Waals surface area contributed by atoms with Crippen molar-refractivity contribution in [1.82, 2.24) is 10.2 Å². The number of urea groups is 1. The largest absolute Gasteiger partial charge is 0.493 e. The van der Waals surface area contributed by atoms with Gasteiger partial charge in [0.1, 0.15) is 5.75 Å². The van der Waals surface area contributed by atoms with Crippen molar-refractivity contribution >= 4 is 6.03 Å². The maximum atomic E-state index is 12.5. The van der Waals surface area contributed by atoms with Crippen LogP contribution in [0.5, 0.6) is 5.75 Å². The first-order chi connectivity index (χ1) is 10.2. The van der Waals surface area contributed by atoms with Gasteiger partial charge in [-0.25, -0.2) is 4.79 Å². The minimum Gasteiger partial charge on any atom is -0.493 e. The van der Waals surface area contributed by atoms with Crippen molar-refractivity contribution in [3.05, 3.63) is 29.8 Å². The van der Waals surface area contributed by atoms with E-state index in [0.29, 0.717) is 0 Å². The molecule has 0 spiro atoms. The molecule has 114 valence electrons. The highest BCUT2D eigenvalue weighted by Crippen LogP contribution is 2.31. The van der Waals surface area contributed by atoms with Crippen molar-refractivity contribution in [2.75, 3.05) is 19.7 Å². The molecule has 4 nitrogen and oxygen atoms in total. The second-order valence-corrected chi connectivity index (χ2v) is 6.20. The van der Waals surface area contributed by atoms with E-state index in [1.165, 1.54) is 0 Å². The number of para-hydroxylation sites is 1. The van der Waals surface area contributed by atoms with Crippen molar-refractivity contribution in [1.29, 1.82) is 0 Å². The smallest absolute Gasteiger partial charge is 0.317 e. The van der Waals surface area contributed by atoms with Gasteiger partial charge in [-0.05, 0) is 37.7 Å². The zero-order valence-electron chi connectivity index (χ0n) is 12.7. The summed E-state index contributed by atoms with van der Waals surface area (Å²) in [5, 5.41) is 3.21. The Balaban J connectivity index is 1.68. The van der Waals surface area contributed by atoms with Crippen LogP contribution in [0.1, 0.15) is 44.2 Å². The number of carbonyl (C=O) groups excluding carboxylic acids is 1. The SMILES string of the molecule is CC1CCN(C(=O)NC2CCCOc3ccccc32)CC1. The Morgan fingerprint density at radius 3 is 2.81 bits per heavy atom. The van der Waals surface area contributed by atoms with Gasteiger partial charge in [-0.3, -0.25) is 0 Å². The molecule has 0 bridgehead atoms. The predicted octanol–water partition coefficient (Wildman–Crippen LogP) is 3.34. The lowest BCUT2D eigenvalue weighted by atomic mass is 9.99. The Kier molecular flexibility index (Phi) is 4.32. The van der Waals surface area contributed by atoms with Crippen molar-refractivity contribution in [3.8, 4) is 5.75 Å². The van der Waals surface area contributed by atoms with Crippen LogP contribution in [0.25, 0.3) is 0 Å². The number of hydrogen-bond donors (Lipinski definition) is 1. The summed E-state index contributed by atoms with van der Waals surface area (Å²) in [5.41, 5.74) is 1.11. The van der Waals surface area contributed by atoms with Crippen LogP contribution in [-0.4, -0.2) is 30.6 Å². The second-order valence-electron chi connectivity index (χ2n) is 6.20. The van der Waals surface area contributed by atoms with E-state index in [0.717, 1.165) is 62.6 Å². The number of piperidine rings is 1. The first-order valence-corrected chi connectivity index (χ1v) is 8.01. The van der Waals surface area contributed by atoms with Crippen LogP contribution in [0.3, 0.4) is 0 Å². The summed E-state index contributed by atoms with van der Waals surface area (Å²) >= 11 is 0. The van der Waals surface area contributed by atoms with E-state index >= 15 is 0 Å². The van der Waals surface area contributed by atoms with Gasteiger partial charge in [-0.15, -0.1) is 0 Å². The molecule has 1 unspecified atom stereocenters. The van der Waals surface area contributed by atoms with E-state index in [1.807, 2.05) is 23.1 Å². The number of nitrogens with zero attached hydrogens (tertiary/aromatic N) is 1.